The van der Waals surface area contributed by atoms with E-state index in [0.717, 1.165) is 36.7 Å². The van der Waals surface area contributed by atoms with Crippen LogP contribution >= 0.6 is 88.9 Å². The van der Waals surface area contributed by atoms with E-state index in [4.69, 9.17) is 8.75 Å². The van der Waals surface area contributed by atoms with Gasteiger partial charge < -0.3 is 0 Å². The Bertz CT molecular complexity index is 2340. The zero-order valence-electron chi connectivity index (χ0n) is 50.3. The molecule has 0 spiro atoms. The minimum Gasteiger partial charge on any atom is -0.172 e. The molecule has 0 saturated heterocycles. The van der Waals surface area contributed by atoms with E-state index in [-0.39, 0.29) is 0 Å². The van der Waals surface area contributed by atoms with Crippen LogP contribution in [-0.4, -0.2) is 8.75 Å². The second kappa shape index (κ2) is 41.0. The number of halogens is 2. The van der Waals surface area contributed by atoms with E-state index in [1.807, 2.05) is 45.3 Å². The molecule has 5 aromatic heterocycles. The molecule has 440 valence electrons. The normalized spacial score (nSPS) is 11.9. The van der Waals surface area contributed by atoms with Gasteiger partial charge in [-0.1, -0.05) is 271 Å². The first-order valence-electron chi connectivity index (χ1n) is 33.0. The Morgan fingerprint density at radius 2 is 0.532 bits per heavy atom. The lowest BCUT2D eigenvalue weighted by atomic mass is 9.97. The van der Waals surface area contributed by atoms with Crippen molar-refractivity contribution < 1.29 is 0 Å². The summed E-state index contributed by atoms with van der Waals surface area (Å²) in [5, 5.41) is 0. The summed E-state index contributed by atoms with van der Waals surface area (Å²) in [4.78, 5) is 8.66. The van der Waals surface area contributed by atoms with Crippen LogP contribution < -0.4 is 0 Å². The van der Waals surface area contributed by atoms with Gasteiger partial charge in [0.05, 0.1) is 19.3 Å². The molecule has 5 heterocycles. The van der Waals surface area contributed by atoms with Crippen molar-refractivity contribution >= 4 is 100.0 Å². The summed E-state index contributed by atoms with van der Waals surface area (Å²) in [6.07, 6.45) is 59.4. The number of fused-ring (bicyclic) bond motifs is 1. The van der Waals surface area contributed by atoms with Gasteiger partial charge >= 0.3 is 0 Å². The van der Waals surface area contributed by atoms with Crippen LogP contribution in [0.1, 0.15) is 307 Å². The van der Waals surface area contributed by atoms with E-state index in [2.05, 4.69) is 96.0 Å². The molecule has 0 fully saturated rings. The lowest BCUT2D eigenvalue weighted by Crippen LogP contribution is -1.91. The largest absolute Gasteiger partial charge is 0.172 e. The lowest BCUT2D eigenvalue weighted by molar-refractivity contribution is 0.556. The lowest BCUT2D eigenvalue weighted by Gasteiger charge is -2.09. The van der Waals surface area contributed by atoms with Crippen LogP contribution in [0.4, 0.5) is 0 Å². The van der Waals surface area contributed by atoms with Crippen molar-refractivity contribution in [2.45, 2.75) is 310 Å². The fourth-order valence-electron chi connectivity index (χ4n) is 11.9. The zero-order chi connectivity index (χ0) is 55.5. The van der Waals surface area contributed by atoms with E-state index in [1.165, 1.54) is 339 Å². The Balaban J connectivity index is 1.23. The summed E-state index contributed by atoms with van der Waals surface area (Å²) in [6.45, 7) is 9.27. The molecule has 6 rings (SSSR count). The van der Waals surface area contributed by atoms with Crippen molar-refractivity contribution in [3.8, 4) is 40.4 Å². The number of aromatic nitrogens is 2. The molecular formula is C70H106Br2N2S5. The standard InChI is InChI=1S/C70H106Br2N2S5/c1-5-9-13-17-21-25-29-33-37-41-45-55-51-61(69-57(53-63(71)77-69)47-43-39-35-31-27-23-19-15-11-7-3)75-67(55)59-49-50-60(66-65(59)73-79-74-66)68-56(46-42-38-34-30-26-22-18-14-10-6-2)52-62(76-68)70-58(54-64(72)78-70)48-44-40-36-32-28-24-20-16-12-8-4/h49-54H,5-48H2,1-4H3. The maximum absolute atomic E-state index is 5.22. The highest BCUT2D eigenvalue weighted by Gasteiger charge is 2.24. The summed E-state index contributed by atoms with van der Waals surface area (Å²) in [7, 11) is 0. The first-order chi connectivity index (χ1) is 38.9. The fourth-order valence-corrected chi connectivity index (χ4v) is 18.6. The molecule has 0 unspecified atom stereocenters. The molecule has 0 saturated carbocycles. The van der Waals surface area contributed by atoms with Gasteiger partial charge in [0, 0.05) is 40.4 Å². The maximum Gasteiger partial charge on any atom is 0.114 e. The first-order valence-corrected chi connectivity index (χ1v) is 38.6. The Kier molecular flexibility index (Phi) is 34.7. The molecule has 0 amide bonds. The van der Waals surface area contributed by atoms with Crippen molar-refractivity contribution in [2.24, 2.45) is 0 Å². The smallest absolute Gasteiger partial charge is 0.114 e. The summed E-state index contributed by atoms with van der Waals surface area (Å²) in [5.74, 6) is 0. The van der Waals surface area contributed by atoms with Crippen molar-refractivity contribution in [3.05, 3.63) is 66.2 Å². The molecule has 6 aromatic rings. The SMILES string of the molecule is CCCCCCCCCCCCc1cc(Br)sc1-c1cc(CCCCCCCCCCCC)c(-c2ccc(-c3sc(-c4sc(Br)cc4CCCCCCCCCCCC)cc3CCCCCCCCCCCC)c3nsnc23)s1. The minimum atomic E-state index is 1.10. The van der Waals surface area contributed by atoms with Crippen molar-refractivity contribution in [1.82, 2.24) is 8.75 Å². The van der Waals surface area contributed by atoms with Gasteiger partial charge in [0.2, 0.25) is 0 Å². The van der Waals surface area contributed by atoms with Crippen LogP contribution in [0.3, 0.4) is 0 Å². The quantitative estimate of drug-likeness (QED) is 0.0356. The van der Waals surface area contributed by atoms with Crippen LogP contribution in [-0.2, 0) is 25.7 Å². The number of nitrogens with zero attached hydrogens (tertiary/aromatic N) is 2. The van der Waals surface area contributed by atoms with Gasteiger partial charge in [0.15, 0.2) is 0 Å². The zero-order valence-corrected chi connectivity index (χ0v) is 57.5. The van der Waals surface area contributed by atoms with Gasteiger partial charge in [0.25, 0.3) is 0 Å². The van der Waals surface area contributed by atoms with Gasteiger partial charge in [-0.05, 0) is 130 Å². The summed E-state index contributed by atoms with van der Waals surface area (Å²) < 4.78 is 13.0. The van der Waals surface area contributed by atoms with E-state index in [9.17, 15) is 0 Å². The van der Waals surface area contributed by atoms with Crippen LogP contribution in [0.15, 0.2) is 44.0 Å². The van der Waals surface area contributed by atoms with Crippen LogP contribution in [0.2, 0.25) is 0 Å². The molecule has 0 aliphatic rings. The Morgan fingerprint density at radius 1 is 0.291 bits per heavy atom. The van der Waals surface area contributed by atoms with Crippen LogP contribution in [0.5, 0.6) is 0 Å². The highest BCUT2D eigenvalue weighted by Crippen LogP contribution is 2.50. The third-order valence-electron chi connectivity index (χ3n) is 16.7. The average molecular weight is 1300 g/mol. The van der Waals surface area contributed by atoms with Crippen molar-refractivity contribution in [3.63, 3.8) is 0 Å². The molecular weight excluding hydrogens is 1190 g/mol. The second-order valence-corrected chi connectivity index (χ2v) is 31.1. The van der Waals surface area contributed by atoms with Crippen LogP contribution in [0.25, 0.3) is 51.4 Å². The fraction of sp³-hybridized carbons (Fsp3) is 0.686. The summed E-state index contributed by atoms with van der Waals surface area (Å²) >= 11 is 17.3. The number of hydrogen-bond donors (Lipinski definition) is 0. The molecule has 9 heteroatoms. The number of unbranched alkanes of at least 4 members (excludes halogenated alkanes) is 36. The number of thiophene rings is 4. The number of benzene rings is 1. The topological polar surface area (TPSA) is 25.8 Å². The Morgan fingerprint density at radius 3 is 0.797 bits per heavy atom. The Hall–Kier alpha value is -1.20. The average Bonchev–Trinajstić information content (AvgIpc) is 4.52. The third-order valence-corrected chi connectivity index (χ3v) is 23.4. The summed E-state index contributed by atoms with van der Waals surface area (Å²) in [6, 6.07) is 15.0. The highest BCUT2D eigenvalue weighted by molar-refractivity contribution is 9.11. The molecule has 1 aromatic carbocycles. The van der Waals surface area contributed by atoms with Gasteiger partial charge in [0.1, 0.15) is 11.0 Å². The molecule has 0 aliphatic carbocycles. The monoisotopic (exact) mass is 1290 g/mol. The Labute approximate surface area is 521 Å². The molecule has 0 atom stereocenters. The van der Waals surface area contributed by atoms with Crippen molar-refractivity contribution in [1.29, 1.82) is 0 Å². The first kappa shape index (κ1) is 66.9. The predicted molar refractivity (Wildman–Crippen MR) is 368 cm³/mol. The molecule has 0 radical (unpaired) electrons. The second-order valence-electron chi connectivity index (χ2n) is 23.6. The number of aryl methyl sites for hydroxylation is 4. The predicted octanol–water partition coefficient (Wildman–Crippen LogP) is 28.0. The number of hydrogen-bond acceptors (Lipinski definition) is 7. The van der Waals surface area contributed by atoms with E-state index in [1.54, 1.807) is 0 Å². The third kappa shape index (κ3) is 24.0. The van der Waals surface area contributed by atoms with E-state index >= 15 is 0 Å². The molecule has 0 aliphatic heterocycles. The molecule has 0 bridgehead atoms. The maximum atomic E-state index is 5.22. The van der Waals surface area contributed by atoms with Gasteiger partial charge in [-0.15, -0.1) is 45.3 Å². The van der Waals surface area contributed by atoms with E-state index < -0.39 is 0 Å². The van der Waals surface area contributed by atoms with E-state index in [0.29, 0.717) is 0 Å². The number of rotatable bonds is 48. The summed E-state index contributed by atoms with van der Waals surface area (Å²) in [5.41, 5.74) is 10.8. The molecule has 2 nitrogen and oxygen atoms in total. The molecule has 0 N–H and O–H groups in total. The van der Waals surface area contributed by atoms with Gasteiger partial charge in [-0.3, -0.25) is 0 Å². The highest BCUT2D eigenvalue weighted by atomic mass is 79.9. The van der Waals surface area contributed by atoms with Gasteiger partial charge in [-0.25, -0.2) is 0 Å². The minimum absolute atomic E-state index is 1.10. The molecule has 79 heavy (non-hydrogen) atoms. The van der Waals surface area contributed by atoms with Crippen LogP contribution in [0, 0.1) is 0 Å². The van der Waals surface area contributed by atoms with Crippen molar-refractivity contribution in [2.75, 3.05) is 0 Å². The van der Waals surface area contributed by atoms with Gasteiger partial charge in [-0.2, -0.15) is 8.75 Å².